The number of rotatable bonds is 2. The predicted octanol–water partition coefficient (Wildman–Crippen LogP) is 1.46. The number of fused-ring (bicyclic) bond motifs is 2. The van der Waals surface area contributed by atoms with Gasteiger partial charge in [0.25, 0.3) is 0 Å². The molecule has 1 saturated carbocycles. The number of nitrogens with zero attached hydrogens (tertiary/aromatic N) is 2. The van der Waals surface area contributed by atoms with Gasteiger partial charge in [0, 0.05) is 31.1 Å². The summed E-state index contributed by atoms with van der Waals surface area (Å²) in [5.41, 5.74) is 0.387. The molecule has 4 aliphatic rings. The zero-order chi connectivity index (χ0) is 14.4. The summed E-state index contributed by atoms with van der Waals surface area (Å²) in [6.07, 6.45) is 7.27. The number of piperidine rings is 1. The molecule has 3 atom stereocenters. The van der Waals surface area contributed by atoms with E-state index in [1.54, 1.807) is 0 Å². The molecule has 1 N–H and O–H groups in total. The van der Waals surface area contributed by atoms with Crippen LogP contribution in [0, 0.1) is 11.3 Å². The third kappa shape index (κ3) is 2.31. The highest BCUT2D eigenvalue weighted by Crippen LogP contribution is 2.59. The van der Waals surface area contributed by atoms with E-state index < -0.39 is 0 Å². The molecule has 0 aromatic heterocycles. The van der Waals surface area contributed by atoms with Crippen molar-refractivity contribution in [3.63, 3.8) is 0 Å². The zero-order valence-electron chi connectivity index (χ0n) is 13.3. The Balaban J connectivity index is 1.47. The Hall–Kier alpha value is -0.610. The highest BCUT2D eigenvalue weighted by molar-refractivity contribution is 5.83. The summed E-state index contributed by atoms with van der Waals surface area (Å²) in [5.74, 6) is 0.873. The Kier molecular flexibility index (Phi) is 3.49. The van der Waals surface area contributed by atoms with E-state index in [1.807, 2.05) is 0 Å². The molecule has 4 fully saturated rings. The average molecular weight is 291 g/mol. The Morgan fingerprint density at radius 3 is 2.71 bits per heavy atom. The van der Waals surface area contributed by atoms with Crippen molar-refractivity contribution in [3.05, 3.63) is 0 Å². The van der Waals surface area contributed by atoms with Crippen molar-refractivity contribution in [1.29, 1.82) is 0 Å². The number of carbonyl (C=O) groups is 1. The van der Waals surface area contributed by atoms with Crippen LogP contribution >= 0.6 is 0 Å². The Labute approximate surface area is 128 Å². The second kappa shape index (κ2) is 5.24. The van der Waals surface area contributed by atoms with Crippen molar-refractivity contribution in [2.75, 3.05) is 32.7 Å². The first-order valence-electron chi connectivity index (χ1n) is 8.99. The highest BCUT2D eigenvalue weighted by Gasteiger charge is 2.60. The largest absolute Gasteiger partial charge is 0.335 e. The van der Waals surface area contributed by atoms with Crippen LogP contribution in [0.15, 0.2) is 0 Å². The summed E-state index contributed by atoms with van der Waals surface area (Å²) in [5, 5.41) is 3.44. The molecule has 3 saturated heterocycles. The van der Waals surface area contributed by atoms with E-state index in [2.05, 4.69) is 22.0 Å². The Morgan fingerprint density at radius 1 is 1.19 bits per heavy atom. The van der Waals surface area contributed by atoms with Gasteiger partial charge in [-0.3, -0.25) is 4.79 Å². The van der Waals surface area contributed by atoms with Gasteiger partial charge in [0.05, 0.1) is 0 Å². The van der Waals surface area contributed by atoms with Gasteiger partial charge in [0.2, 0.25) is 5.91 Å². The molecule has 0 aromatic carbocycles. The Bertz CT molecular complexity index is 418. The number of hydrogen-bond donors (Lipinski definition) is 1. The molecule has 0 radical (unpaired) electrons. The molecular weight excluding hydrogens is 262 g/mol. The first-order chi connectivity index (χ1) is 10.2. The standard InChI is InChI=1S/C17H29N3O/c1-2-19-10-5-13-3-4-14(12-19)20(13)16(21)15-11-17(15)6-8-18-9-7-17/h13-15,18H,2-12H2,1H3. The van der Waals surface area contributed by atoms with Crippen LogP contribution in [0.4, 0.5) is 0 Å². The van der Waals surface area contributed by atoms with E-state index in [0.717, 1.165) is 26.2 Å². The smallest absolute Gasteiger partial charge is 0.226 e. The number of hydrogen-bond acceptors (Lipinski definition) is 3. The summed E-state index contributed by atoms with van der Waals surface area (Å²) in [6, 6.07) is 1.04. The molecule has 1 amide bonds. The topological polar surface area (TPSA) is 35.6 Å². The lowest BCUT2D eigenvalue weighted by Crippen LogP contribution is -2.45. The third-order valence-corrected chi connectivity index (χ3v) is 6.66. The van der Waals surface area contributed by atoms with Gasteiger partial charge in [0.1, 0.15) is 0 Å². The molecule has 21 heavy (non-hydrogen) atoms. The lowest BCUT2D eigenvalue weighted by Gasteiger charge is -2.31. The van der Waals surface area contributed by atoms with Gasteiger partial charge < -0.3 is 15.1 Å². The maximum absolute atomic E-state index is 13.1. The first kappa shape index (κ1) is 14.0. The number of likely N-dealkylation sites (N-methyl/N-ethyl adjacent to an activating group) is 1. The predicted molar refractivity (Wildman–Crippen MR) is 83.0 cm³/mol. The fourth-order valence-corrected chi connectivity index (χ4v) is 5.15. The summed E-state index contributed by atoms with van der Waals surface area (Å²) < 4.78 is 0. The van der Waals surface area contributed by atoms with Crippen LogP contribution in [0.1, 0.15) is 45.4 Å². The highest BCUT2D eigenvalue weighted by atomic mass is 16.2. The van der Waals surface area contributed by atoms with Crippen molar-refractivity contribution < 1.29 is 4.79 Å². The number of carbonyl (C=O) groups excluding carboxylic acids is 1. The molecule has 2 bridgehead atoms. The van der Waals surface area contributed by atoms with Crippen molar-refractivity contribution >= 4 is 5.91 Å². The second-order valence-corrected chi connectivity index (χ2v) is 7.68. The second-order valence-electron chi connectivity index (χ2n) is 7.68. The molecule has 3 heterocycles. The lowest BCUT2D eigenvalue weighted by atomic mass is 9.91. The summed E-state index contributed by atoms with van der Waals surface area (Å²) in [4.78, 5) is 18.0. The fourth-order valence-electron chi connectivity index (χ4n) is 5.15. The Morgan fingerprint density at radius 2 is 1.95 bits per heavy atom. The minimum absolute atomic E-state index is 0.357. The van der Waals surface area contributed by atoms with Gasteiger partial charge in [-0.15, -0.1) is 0 Å². The van der Waals surface area contributed by atoms with Crippen molar-refractivity contribution in [2.45, 2.75) is 57.5 Å². The molecule has 1 aliphatic carbocycles. The van der Waals surface area contributed by atoms with Crippen molar-refractivity contribution in [1.82, 2.24) is 15.1 Å². The summed E-state index contributed by atoms with van der Waals surface area (Å²) >= 11 is 0. The molecule has 118 valence electrons. The monoisotopic (exact) mass is 291 g/mol. The van der Waals surface area contributed by atoms with E-state index in [4.69, 9.17) is 0 Å². The van der Waals surface area contributed by atoms with Gasteiger partial charge in [-0.05, 0) is 63.6 Å². The van der Waals surface area contributed by atoms with Crippen LogP contribution in [-0.4, -0.2) is 60.5 Å². The summed E-state index contributed by atoms with van der Waals surface area (Å²) in [6.45, 7) is 7.89. The molecular formula is C17H29N3O. The SMILES string of the molecule is CCN1CCC2CCC(C1)N2C(=O)C1CC12CCNCC2. The fraction of sp³-hybridized carbons (Fsp3) is 0.941. The van der Waals surface area contributed by atoms with Gasteiger partial charge in [-0.25, -0.2) is 0 Å². The molecule has 4 rings (SSSR count). The zero-order valence-corrected chi connectivity index (χ0v) is 13.3. The molecule has 1 spiro atoms. The average Bonchev–Trinajstić information content (AvgIpc) is 3.07. The minimum Gasteiger partial charge on any atom is -0.335 e. The maximum Gasteiger partial charge on any atom is 0.226 e. The van der Waals surface area contributed by atoms with Crippen LogP contribution in [0.2, 0.25) is 0 Å². The van der Waals surface area contributed by atoms with Crippen molar-refractivity contribution in [3.8, 4) is 0 Å². The van der Waals surface area contributed by atoms with Crippen LogP contribution in [0.5, 0.6) is 0 Å². The van der Waals surface area contributed by atoms with Gasteiger partial charge >= 0.3 is 0 Å². The molecule has 4 heteroatoms. The quantitative estimate of drug-likeness (QED) is 0.837. The first-order valence-corrected chi connectivity index (χ1v) is 8.99. The van der Waals surface area contributed by atoms with Crippen LogP contribution in [0.25, 0.3) is 0 Å². The third-order valence-electron chi connectivity index (χ3n) is 6.66. The number of amides is 1. The molecule has 4 nitrogen and oxygen atoms in total. The van der Waals surface area contributed by atoms with Crippen LogP contribution < -0.4 is 5.32 Å². The molecule has 3 aliphatic heterocycles. The maximum atomic E-state index is 13.1. The van der Waals surface area contributed by atoms with Crippen molar-refractivity contribution in [2.24, 2.45) is 11.3 Å². The normalized spacial score (nSPS) is 38.5. The lowest BCUT2D eigenvalue weighted by molar-refractivity contribution is -0.136. The van der Waals surface area contributed by atoms with Crippen LogP contribution in [-0.2, 0) is 4.79 Å². The molecule has 0 aromatic rings. The van der Waals surface area contributed by atoms with Crippen LogP contribution in [0.3, 0.4) is 0 Å². The molecule has 3 unspecified atom stereocenters. The van der Waals surface area contributed by atoms with E-state index in [0.29, 0.717) is 29.3 Å². The summed E-state index contributed by atoms with van der Waals surface area (Å²) in [7, 11) is 0. The van der Waals surface area contributed by atoms with E-state index in [9.17, 15) is 4.79 Å². The van der Waals surface area contributed by atoms with E-state index in [1.165, 1.54) is 45.1 Å². The van der Waals surface area contributed by atoms with Gasteiger partial charge in [-0.1, -0.05) is 6.92 Å². The number of likely N-dealkylation sites (tertiary alicyclic amines) is 1. The minimum atomic E-state index is 0.357. The van der Waals surface area contributed by atoms with Gasteiger partial charge in [0.15, 0.2) is 0 Å². The van der Waals surface area contributed by atoms with E-state index >= 15 is 0 Å². The number of nitrogens with one attached hydrogen (secondary N) is 1. The van der Waals surface area contributed by atoms with E-state index in [-0.39, 0.29) is 0 Å². The van der Waals surface area contributed by atoms with Gasteiger partial charge in [-0.2, -0.15) is 0 Å².